The number of nitrogens with zero attached hydrogens (tertiary/aromatic N) is 6. The van der Waals surface area contributed by atoms with Crippen LogP contribution in [0.25, 0.3) is 27.9 Å². The van der Waals surface area contributed by atoms with Crippen molar-refractivity contribution < 1.29 is 8.78 Å². The number of aryl methyl sites for hydroxylation is 1. The number of nitrogens with two attached hydrogens (primary N) is 1. The Labute approximate surface area is 134 Å². The van der Waals surface area contributed by atoms with Crippen molar-refractivity contribution in [1.29, 1.82) is 0 Å². The fourth-order valence-corrected chi connectivity index (χ4v) is 2.67. The van der Waals surface area contributed by atoms with Crippen LogP contribution >= 0.6 is 0 Å². The molecule has 0 fully saturated rings. The van der Waals surface area contributed by atoms with E-state index in [9.17, 15) is 8.78 Å². The van der Waals surface area contributed by atoms with Gasteiger partial charge in [-0.2, -0.15) is 9.61 Å². The molecular formula is C15H13F2N7. The van der Waals surface area contributed by atoms with E-state index in [4.69, 9.17) is 5.73 Å². The summed E-state index contributed by atoms with van der Waals surface area (Å²) in [6.07, 6.45) is 3.37. The van der Waals surface area contributed by atoms with E-state index in [0.29, 0.717) is 22.4 Å². The van der Waals surface area contributed by atoms with E-state index >= 15 is 0 Å². The molecule has 24 heavy (non-hydrogen) atoms. The zero-order valence-electron chi connectivity index (χ0n) is 12.9. The molecular weight excluding hydrogens is 316 g/mol. The number of para-hydroxylation sites is 1. The maximum Gasteiger partial charge on any atom is 0.272 e. The van der Waals surface area contributed by atoms with Crippen LogP contribution in [-0.4, -0.2) is 29.4 Å². The number of nitrogen functional groups attached to an aromatic ring is 1. The first-order valence-electron chi connectivity index (χ1n) is 7.17. The summed E-state index contributed by atoms with van der Waals surface area (Å²) in [5.41, 5.74) is 6.92. The number of anilines is 1. The molecule has 1 aromatic carbocycles. The van der Waals surface area contributed by atoms with Crippen LogP contribution in [0.5, 0.6) is 0 Å². The Bertz CT molecular complexity index is 1070. The first-order valence-corrected chi connectivity index (χ1v) is 7.17. The fraction of sp³-hybridized carbons (Fsp3) is 0.200. The summed E-state index contributed by atoms with van der Waals surface area (Å²) >= 11 is 0. The topological polar surface area (TPSA) is 86.9 Å². The molecule has 0 aliphatic rings. The highest BCUT2D eigenvalue weighted by molar-refractivity contribution is 5.95. The fourth-order valence-electron chi connectivity index (χ4n) is 2.67. The highest BCUT2D eigenvalue weighted by Gasteiger charge is 2.28. The lowest BCUT2D eigenvalue weighted by Crippen LogP contribution is -2.10. The molecule has 122 valence electrons. The second kappa shape index (κ2) is 4.70. The highest BCUT2D eigenvalue weighted by Crippen LogP contribution is 2.34. The number of alkyl halides is 2. The van der Waals surface area contributed by atoms with Gasteiger partial charge in [-0.3, -0.25) is 4.68 Å². The first kappa shape index (κ1) is 14.5. The highest BCUT2D eigenvalue weighted by atomic mass is 19.3. The molecule has 0 bridgehead atoms. The summed E-state index contributed by atoms with van der Waals surface area (Å²) < 4.78 is 30.7. The summed E-state index contributed by atoms with van der Waals surface area (Å²) in [5, 5.41) is 8.85. The molecule has 0 amide bonds. The molecule has 0 aliphatic carbocycles. The van der Waals surface area contributed by atoms with Gasteiger partial charge in [-0.1, -0.05) is 12.1 Å². The van der Waals surface area contributed by atoms with Crippen molar-refractivity contribution >= 4 is 22.5 Å². The Hall–Kier alpha value is -3.10. The van der Waals surface area contributed by atoms with Crippen LogP contribution in [0.15, 0.2) is 30.6 Å². The number of aromatic nitrogens is 6. The quantitative estimate of drug-likeness (QED) is 0.610. The Kier molecular flexibility index (Phi) is 2.84. The molecule has 4 aromatic rings. The third kappa shape index (κ3) is 2.08. The summed E-state index contributed by atoms with van der Waals surface area (Å²) in [6, 6.07) is 4.56. The molecule has 0 saturated carbocycles. The normalized spacial score (nSPS) is 12.3. The van der Waals surface area contributed by atoms with Gasteiger partial charge in [0.05, 0.1) is 17.3 Å². The number of hydrogen-bond acceptors (Lipinski definition) is 5. The zero-order chi connectivity index (χ0) is 17.1. The standard InChI is InChI=1S/C15H13F2N7/c1-15(16,17)10-5-3-4-9-11(10)20-14(18)24-13(9)21-12(22-24)8-6-19-23(2)7-8/h3-7H,1-2H3,(H2,18,20). The van der Waals surface area contributed by atoms with Gasteiger partial charge in [0.1, 0.15) is 0 Å². The van der Waals surface area contributed by atoms with Gasteiger partial charge in [0.15, 0.2) is 11.5 Å². The predicted molar refractivity (Wildman–Crippen MR) is 84.5 cm³/mol. The molecule has 0 radical (unpaired) electrons. The van der Waals surface area contributed by atoms with Crippen LogP contribution in [0.4, 0.5) is 14.7 Å². The molecule has 7 nitrogen and oxygen atoms in total. The Morgan fingerprint density at radius 1 is 1.21 bits per heavy atom. The van der Waals surface area contributed by atoms with Gasteiger partial charge in [0.25, 0.3) is 5.92 Å². The van der Waals surface area contributed by atoms with Gasteiger partial charge >= 0.3 is 0 Å². The van der Waals surface area contributed by atoms with E-state index in [2.05, 4.69) is 20.2 Å². The van der Waals surface area contributed by atoms with Crippen LogP contribution in [0.3, 0.4) is 0 Å². The number of fused-ring (bicyclic) bond motifs is 3. The summed E-state index contributed by atoms with van der Waals surface area (Å²) in [4.78, 5) is 8.56. The Morgan fingerprint density at radius 3 is 2.67 bits per heavy atom. The second-order valence-corrected chi connectivity index (χ2v) is 5.63. The number of halogens is 2. The van der Waals surface area contributed by atoms with Crippen molar-refractivity contribution in [2.45, 2.75) is 12.8 Å². The molecule has 0 saturated heterocycles. The van der Waals surface area contributed by atoms with Gasteiger partial charge in [0.2, 0.25) is 5.95 Å². The predicted octanol–water partition coefficient (Wildman–Crippen LogP) is 2.37. The largest absolute Gasteiger partial charge is 0.368 e. The maximum atomic E-state index is 13.9. The average molecular weight is 329 g/mol. The number of rotatable bonds is 2. The van der Waals surface area contributed by atoms with Gasteiger partial charge in [-0.25, -0.2) is 18.7 Å². The van der Waals surface area contributed by atoms with E-state index in [1.807, 2.05) is 0 Å². The third-order valence-corrected chi connectivity index (χ3v) is 3.76. The Balaban J connectivity index is 2.06. The van der Waals surface area contributed by atoms with E-state index in [-0.39, 0.29) is 17.0 Å². The molecule has 2 N–H and O–H groups in total. The maximum absolute atomic E-state index is 13.9. The lowest BCUT2D eigenvalue weighted by molar-refractivity contribution is 0.0189. The van der Waals surface area contributed by atoms with Gasteiger partial charge in [-0.15, -0.1) is 5.10 Å². The molecule has 4 rings (SSSR count). The Morgan fingerprint density at radius 2 is 2.00 bits per heavy atom. The molecule has 3 aromatic heterocycles. The zero-order valence-corrected chi connectivity index (χ0v) is 12.9. The van der Waals surface area contributed by atoms with Crippen molar-refractivity contribution in [3.63, 3.8) is 0 Å². The molecule has 9 heteroatoms. The minimum atomic E-state index is -3.04. The monoisotopic (exact) mass is 329 g/mol. The summed E-state index contributed by atoms with van der Waals surface area (Å²) in [5.74, 6) is -2.64. The van der Waals surface area contributed by atoms with Crippen LogP contribution in [0.2, 0.25) is 0 Å². The molecule has 0 spiro atoms. The van der Waals surface area contributed by atoms with E-state index in [1.54, 1.807) is 36.3 Å². The molecule has 0 aliphatic heterocycles. The van der Waals surface area contributed by atoms with Crippen LogP contribution in [0, 0.1) is 0 Å². The van der Waals surface area contributed by atoms with Crippen molar-refractivity contribution in [2.75, 3.05) is 5.73 Å². The van der Waals surface area contributed by atoms with Crippen LogP contribution in [-0.2, 0) is 13.0 Å². The average Bonchev–Trinajstić information content (AvgIpc) is 3.12. The van der Waals surface area contributed by atoms with Crippen LogP contribution in [0.1, 0.15) is 12.5 Å². The molecule has 0 atom stereocenters. The van der Waals surface area contributed by atoms with Gasteiger partial charge in [0, 0.05) is 31.1 Å². The third-order valence-electron chi connectivity index (χ3n) is 3.76. The van der Waals surface area contributed by atoms with Gasteiger partial charge in [-0.05, 0) is 6.07 Å². The lowest BCUT2D eigenvalue weighted by atomic mass is 10.1. The molecule has 3 heterocycles. The first-order chi connectivity index (χ1) is 11.3. The summed E-state index contributed by atoms with van der Waals surface area (Å²) in [6.45, 7) is 0.828. The van der Waals surface area contributed by atoms with Crippen molar-refractivity contribution in [3.8, 4) is 11.4 Å². The van der Waals surface area contributed by atoms with E-state index < -0.39 is 5.92 Å². The minimum Gasteiger partial charge on any atom is -0.368 e. The molecule has 0 unspecified atom stereocenters. The number of hydrogen-bond donors (Lipinski definition) is 1. The second-order valence-electron chi connectivity index (χ2n) is 5.63. The van der Waals surface area contributed by atoms with Crippen molar-refractivity contribution in [2.24, 2.45) is 7.05 Å². The summed E-state index contributed by atoms with van der Waals surface area (Å²) in [7, 11) is 1.78. The lowest BCUT2D eigenvalue weighted by Gasteiger charge is -2.13. The van der Waals surface area contributed by atoms with E-state index in [1.165, 1.54) is 10.6 Å². The van der Waals surface area contributed by atoms with Crippen molar-refractivity contribution in [3.05, 3.63) is 36.2 Å². The van der Waals surface area contributed by atoms with E-state index in [0.717, 1.165) is 6.92 Å². The van der Waals surface area contributed by atoms with Crippen LogP contribution < -0.4 is 5.73 Å². The minimum absolute atomic E-state index is 0.00293. The smallest absolute Gasteiger partial charge is 0.272 e. The van der Waals surface area contributed by atoms with Crippen molar-refractivity contribution in [1.82, 2.24) is 29.4 Å². The SMILES string of the molecule is Cn1cc(-c2nc3c4cccc(C(C)(F)F)c4nc(N)n3n2)cn1. The number of benzene rings is 1. The van der Waals surface area contributed by atoms with Gasteiger partial charge < -0.3 is 5.73 Å².